The van der Waals surface area contributed by atoms with Gasteiger partial charge in [-0.2, -0.15) is 0 Å². The van der Waals surface area contributed by atoms with Crippen LogP contribution in [0, 0.1) is 5.41 Å². The van der Waals surface area contributed by atoms with Gasteiger partial charge in [-0.1, -0.05) is 13.0 Å². The Morgan fingerprint density at radius 3 is 2.80 bits per heavy atom. The van der Waals surface area contributed by atoms with E-state index >= 15 is 0 Å². The molecule has 0 radical (unpaired) electrons. The number of hydrogen-bond donors (Lipinski definition) is 1. The Morgan fingerprint density at radius 1 is 1.40 bits per heavy atom. The van der Waals surface area contributed by atoms with Crippen molar-refractivity contribution in [2.45, 2.75) is 38.1 Å². The zero-order valence-electron chi connectivity index (χ0n) is 9.13. The third kappa shape index (κ3) is 2.07. The first-order valence-corrected chi connectivity index (χ1v) is 5.77. The summed E-state index contributed by atoms with van der Waals surface area (Å²) in [5.41, 5.74) is 0.316. The molecule has 1 saturated heterocycles. The molecule has 3 heteroatoms. The minimum atomic E-state index is -0.0345. The summed E-state index contributed by atoms with van der Waals surface area (Å²) in [7, 11) is 0. The number of rotatable bonds is 2. The Morgan fingerprint density at radius 2 is 2.13 bits per heavy atom. The van der Waals surface area contributed by atoms with Crippen molar-refractivity contribution in [2.75, 3.05) is 13.2 Å². The molecule has 1 saturated carbocycles. The molecule has 3 nitrogen and oxygen atoms in total. The van der Waals surface area contributed by atoms with Crippen LogP contribution in [0.4, 0.5) is 0 Å². The first kappa shape index (κ1) is 10.7. The van der Waals surface area contributed by atoms with E-state index in [2.05, 4.69) is 11.9 Å². The van der Waals surface area contributed by atoms with Crippen LogP contribution in [0.25, 0.3) is 0 Å². The molecule has 0 aromatic heterocycles. The quantitative estimate of drug-likeness (QED) is 0.702. The van der Waals surface area contributed by atoms with Crippen LogP contribution >= 0.6 is 0 Å². The lowest BCUT2D eigenvalue weighted by molar-refractivity contribution is -0.118. The summed E-state index contributed by atoms with van der Waals surface area (Å²) < 4.78 is 5.40. The van der Waals surface area contributed by atoms with Crippen LogP contribution in [-0.4, -0.2) is 25.2 Å². The molecule has 1 aliphatic heterocycles. The summed E-state index contributed by atoms with van der Waals surface area (Å²) >= 11 is 0. The molecule has 15 heavy (non-hydrogen) atoms. The van der Waals surface area contributed by atoms with Crippen molar-refractivity contribution < 1.29 is 9.53 Å². The Labute approximate surface area is 90.9 Å². The van der Waals surface area contributed by atoms with Crippen molar-refractivity contribution in [2.24, 2.45) is 5.41 Å². The minimum absolute atomic E-state index is 0.0345. The zero-order valence-corrected chi connectivity index (χ0v) is 9.13. The molecule has 2 rings (SSSR count). The van der Waals surface area contributed by atoms with Gasteiger partial charge in [0.05, 0.1) is 0 Å². The second-order valence-electron chi connectivity index (χ2n) is 4.63. The highest BCUT2D eigenvalue weighted by Crippen LogP contribution is 2.45. The van der Waals surface area contributed by atoms with E-state index in [4.69, 9.17) is 4.74 Å². The van der Waals surface area contributed by atoms with Crippen molar-refractivity contribution in [3.8, 4) is 0 Å². The fourth-order valence-corrected chi connectivity index (χ4v) is 2.97. The second-order valence-corrected chi connectivity index (χ2v) is 4.63. The van der Waals surface area contributed by atoms with E-state index in [9.17, 15) is 4.79 Å². The number of hydrogen-bond acceptors (Lipinski definition) is 2. The number of ether oxygens (including phenoxy) is 1. The first-order chi connectivity index (χ1) is 7.27. The standard InChI is InChI=1S/C12H19NO2/c1-2-11(14)13-10-4-3-5-12(10)6-8-15-9-7-12/h2,10H,1,3-9H2,(H,13,14). The number of carbonyl (C=O) groups excluding carboxylic acids is 1. The zero-order chi connectivity index (χ0) is 10.7. The lowest BCUT2D eigenvalue weighted by Gasteiger charge is -2.39. The van der Waals surface area contributed by atoms with Gasteiger partial charge in [-0.3, -0.25) is 4.79 Å². The van der Waals surface area contributed by atoms with Gasteiger partial charge in [0.15, 0.2) is 0 Å². The van der Waals surface area contributed by atoms with E-state index in [1.807, 2.05) is 0 Å². The smallest absolute Gasteiger partial charge is 0.243 e. The molecular weight excluding hydrogens is 190 g/mol. The molecule has 1 heterocycles. The largest absolute Gasteiger partial charge is 0.381 e. The second kappa shape index (κ2) is 4.35. The van der Waals surface area contributed by atoms with Gasteiger partial charge in [-0.15, -0.1) is 0 Å². The maximum atomic E-state index is 11.3. The summed E-state index contributed by atoms with van der Waals surface area (Å²) in [5, 5.41) is 3.08. The first-order valence-electron chi connectivity index (χ1n) is 5.77. The SMILES string of the molecule is C=CC(=O)NC1CCCC12CCOCC2. The molecule has 1 unspecified atom stereocenters. The predicted octanol–water partition coefficient (Wildman–Crippen LogP) is 1.64. The molecule has 0 bridgehead atoms. The lowest BCUT2D eigenvalue weighted by atomic mass is 9.75. The van der Waals surface area contributed by atoms with Gasteiger partial charge >= 0.3 is 0 Å². The molecular formula is C12H19NO2. The molecule has 2 fully saturated rings. The molecule has 1 N–H and O–H groups in total. The fourth-order valence-electron chi connectivity index (χ4n) is 2.97. The summed E-state index contributed by atoms with van der Waals surface area (Å²) in [5.74, 6) is -0.0345. The minimum Gasteiger partial charge on any atom is -0.381 e. The van der Waals surface area contributed by atoms with E-state index in [0.29, 0.717) is 11.5 Å². The van der Waals surface area contributed by atoms with Gasteiger partial charge in [0, 0.05) is 19.3 Å². The van der Waals surface area contributed by atoms with Crippen LogP contribution in [0.2, 0.25) is 0 Å². The molecule has 0 aromatic rings. The van der Waals surface area contributed by atoms with Crippen molar-refractivity contribution in [3.63, 3.8) is 0 Å². The molecule has 84 valence electrons. The Balaban J connectivity index is 2.02. The van der Waals surface area contributed by atoms with Crippen molar-refractivity contribution >= 4 is 5.91 Å². The topological polar surface area (TPSA) is 38.3 Å². The van der Waals surface area contributed by atoms with Crippen LogP contribution in [-0.2, 0) is 9.53 Å². The highest BCUT2D eigenvalue weighted by atomic mass is 16.5. The number of nitrogens with one attached hydrogen (secondary N) is 1. The normalized spacial score (nSPS) is 28.9. The highest BCUT2D eigenvalue weighted by Gasteiger charge is 2.44. The molecule has 1 aliphatic carbocycles. The third-order valence-electron chi connectivity index (χ3n) is 3.90. The van der Waals surface area contributed by atoms with Crippen LogP contribution in [0.3, 0.4) is 0 Å². The summed E-state index contributed by atoms with van der Waals surface area (Å²) in [6.07, 6.45) is 7.12. The average Bonchev–Trinajstić information content (AvgIpc) is 2.63. The molecule has 1 atom stereocenters. The van der Waals surface area contributed by atoms with Gasteiger partial charge in [-0.25, -0.2) is 0 Å². The molecule has 1 amide bonds. The maximum Gasteiger partial charge on any atom is 0.243 e. The third-order valence-corrected chi connectivity index (χ3v) is 3.90. The Hall–Kier alpha value is -0.830. The molecule has 1 spiro atoms. The number of carbonyl (C=O) groups is 1. The van der Waals surface area contributed by atoms with E-state index in [1.54, 1.807) is 0 Å². The molecule has 0 aromatic carbocycles. The summed E-state index contributed by atoms with van der Waals surface area (Å²) in [6, 6.07) is 0.340. The average molecular weight is 209 g/mol. The van der Waals surface area contributed by atoms with Crippen molar-refractivity contribution in [1.82, 2.24) is 5.32 Å². The molecule has 2 aliphatic rings. The van der Waals surface area contributed by atoms with Gasteiger partial charge in [-0.05, 0) is 37.2 Å². The van der Waals surface area contributed by atoms with Crippen LogP contribution in [0.1, 0.15) is 32.1 Å². The van der Waals surface area contributed by atoms with Gasteiger partial charge in [0.1, 0.15) is 0 Å². The lowest BCUT2D eigenvalue weighted by Crippen LogP contribution is -2.46. The van der Waals surface area contributed by atoms with E-state index in [1.165, 1.54) is 18.9 Å². The number of amides is 1. The highest BCUT2D eigenvalue weighted by molar-refractivity contribution is 5.87. The monoisotopic (exact) mass is 209 g/mol. The van der Waals surface area contributed by atoms with E-state index < -0.39 is 0 Å². The van der Waals surface area contributed by atoms with Gasteiger partial charge in [0.2, 0.25) is 5.91 Å². The van der Waals surface area contributed by atoms with Crippen LogP contribution in [0.5, 0.6) is 0 Å². The predicted molar refractivity (Wildman–Crippen MR) is 58.5 cm³/mol. The van der Waals surface area contributed by atoms with Gasteiger partial charge in [0.25, 0.3) is 0 Å². The van der Waals surface area contributed by atoms with Crippen LogP contribution < -0.4 is 5.32 Å². The Kier molecular flexibility index (Phi) is 3.10. The van der Waals surface area contributed by atoms with Crippen molar-refractivity contribution in [3.05, 3.63) is 12.7 Å². The summed E-state index contributed by atoms with van der Waals surface area (Å²) in [4.78, 5) is 11.3. The summed E-state index contributed by atoms with van der Waals surface area (Å²) in [6.45, 7) is 5.19. The fraction of sp³-hybridized carbons (Fsp3) is 0.750. The van der Waals surface area contributed by atoms with E-state index in [0.717, 1.165) is 32.5 Å². The maximum absolute atomic E-state index is 11.3. The van der Waals surface area contributed by atoms with Gasteiger partial charge < -0.3 is 10.1 Å². The Bertz CT molecular complexity index is 256. The van der Waals surface area contributed by atoms with Crippen LogP contribution in [0.15, 0.2) is 12.7 Å². The van der Waals surface area contributed by atoms with E-state index in [-0.39, 0.29) is 5.91 Å². The van der Waals surface area contributed by atoms with Crippen molar-refractivity contribution in [1.29, 1.82) is 0 Å².